The van der Waals surface area contributed by atoms with E-state index in [1.54, 1.807) is 0 Å². The minimum atomic E-state index is 0.594. The highest BCUT2D eigenvalue weighted by Gasteiger charge is 2.12. The molecule has 19 heavy (non-hydrogen) atoms. The molecule has 1 unspecified atom stereocenters. The normalized spacial score (nSPS) is 12.7. The molecule has 0 radical (unpaired) electrons. The van der Waals surface area contributed by atoms with Crippen molar-refractivity contribution in [3.05, 3.63) is 29.8 Å². The van der Waals surface area contributed by atoms with Gasteiger partial charge in [0.15, 0.2) is 0 Å². The lowest BCUT2D eigenvalue weighted by molar-refractivity contribution is 0.550. The van der Waals surface area contributed by atoms with E-state index in [2.05, 4.69) is 69.2 Å². The summed E-state index contributed by atoms with van der Waals surface area (Å²) in [6.45, 7) is 11.1. The summed E-state index contributed by atoms with van der Waals surface area (Å²) in [6.07, 6.45) is 2.48. The lowest BCUT2D eigenvalue weighted by Gasteiger charge is -2.29. The maximum absolute atomic E-state index is 3.54. The van der Waals surface area contributed by atoms with Crippen LogP contribution in [0.4, 0.5) is 5.69 Å². The Hall–Kier alpha value is -1.02. The third kappa shape index (κ3) is 5.23. The molecule has 1 N–H and O–H groups in total. The standard InChI is InChI=1S/C17H30N2/c1-6-9-15(4)19(5)17-11-8-7-10-16(17)13-18-12-14(2)3/h7-8,10-11,14-15,18H,6,9,12-13H2,1-5H3. The molecule has 0 spiro atoms. The summed E-state index contributed by atoms with van der Waals surface area (Å²) in [5, 5.41) is 3.54. The van der Waals surface area contributed by atoms with E-state index in [9.17, 15) is 0 Å². The zero-order valence-corrected chi connectivity index (χ0v) is 13.2. The van der Waals surface area contributed by atoms with Gasteiger partial charge >= 0.3 is 0 Å². The summed E-state index contributed by atoms with van der Waals surface area (Å²) in [7, 11) is 2.21. The van der Waals surface area contributed by atoms with Gasteiger partial charge in [0, 0.05) is 25.3 Å². The molecule has 2 heteroatoms. The second-order valence-electron chi connectivity index (χ2n) is 5.90. The Morgan fingerprint density at radius 2 is 1.84 bits per heavy atom. The number of para-hydroxylation sites is 1. The van der Waals surface area contributed by atoms with E-state index in [1.165, 1.54) is 24.1 Å². The largest absolute Gasteiger partial charge is 0.372 e. The van der Waals surface area contributed by atoms with Crippen LogP contribution in [0.1, 0.15) is 46.1 Å². The van der Waals surface area contributed by atoms with Crippen molar-refractivity contribution in [2.75, 3.05) is 18.5 Å². The van der Waals surface area contributed by atoms with E-state index >= 15 is 0 Å². The van der Waals surface area contributed by atoms with Crippen molar-refractivity contribution < 1.29 is 0 Å². The number of rotatable bonds is 8. The van der Waals surface area contributed by atoms with E-state index in [-0.39, 0.29) is 0 Å². The van der Waals surface area contributed by atoms with Crippen LogP contribution in [0.2, 0.25) is 0 Å². The highest BCUT2D eigenvalue weighted by atomic mass is 15.1. The van der Waals surface area contributed by atoms with E-state index < -0.39 is 0 Å². The molecule has 0 aliphatic heterocycles. The summed E-state index contributed by atoms with van der Waals surface area (Å²) in [5.41, 5.74) is 2.76. The van der Waals surface area contributed by atoms with Crippen molar-refractivity contribution in [2.24, 2.45) is 5.92 Å². The minimum Gasteiger partial charge on any atom is -0.372 e. The first-order valence-corrected chi connectivity index (χ1v) is 7.57. The van der Waals surface area contributed by atoms with Gasteiger partial charge < -0.3 is 10.2 Å². The first kappa shape index (κ1) is 16.0. The van der Waals surface area contributed by atoms with Gasteiger partial charge in [-0.05, 0) is 37.4 Å². The molecule has 1 aromatic rings. The third-order valence-electron chi connectivity index (χ3n) is 3.61. The maximum Gasteiger partial charge on any atom is 0.0411 e. The SMILES string of the molecule is CCCC(C)N(C)c1ccccc1CNCC(C)C. The van der Waals surface area contributed by atoms with Crippen LogP contribution < -0.4 is 10.2 Å². The second-order valence-corrected chi connectivity index (χ2v) is 5.90. The van der Waals surface area contributed by atoms with Crippen LogP contribution in [-0.2, 0) is 6.54 Å². The number of benzene rings is 1. The minimum absolute atomic E-state index is 0.594. The number of hydrogen-bond acceptors (Lipinski definition) is 2. The fraction of sp³-hybridized carbons (Fsp3) is 0.647. The van der Waals surface area contributed by atoms with Crippen LogP contribution in [0.3, 0.4) is 0 Å². The van der Waals surface area contributed by atoms with Gasteiger partial charge in [0.1, 0.15) is 0 Å². The molecule has 0 heterocycles. The van der Waals surface area contributed by atoms with Crippen LogP contribution in [0.5, 0.6) is 0 Å². The summed E-state index contributed by atoms with van der Waals surface area (Å²) < 4.78 is 0. The summed E-state index contributed by atoms with van der Waals surface area (Å²) >= 11 is 0. The molecular weight excluding hydrogens is 232 g/mol. The van der Waals surface area contributed by atoms with Crippen molar-refractivity contribution in [1.82, 2.24) is 5.32 Å². The monoisotopic (exact) mass is 262 g/mol. The van der Waals surface area contributed by atoms with Gasteiger partial charge in [0.05, 0.1) is 0 Å². The third-order valence-corrected chi connectivity index (χ3v) is 3.61. The molecule has 2 nitrogen and oxygen atoms in total. The molecule has 0 fully saturated rings. The Labute approximate surface area is 119 Å². The highest BCUT2D eigenvalue weighted by Crippen LogP contribution is 2.22. The van der Waals surface area contributed by atoms with Crippen LogP contribution in [0.15, 0.2) is 24.3 Å². The van der Waals surface area contributed by atoms with Gasteiger partial charge in [-0.2, -0.15) is 0 Å². The molecule has 0 amide bonds. The van der Waals surface area contributed by atoms with Crippen LogP contribution in [0, 0.1) is 5.92 Å². The lowest BCUT2D eigenvalue weighted by Crippen LogP contribution is -2.30. The topological polar surface area (TPSA) is 15.3 Å². The smallest absolute Gasteiger partial charge is 0.0411 e. The summed E-state index contributed by atoms with van der Waals surface area (Å²) in [4.78, 5) is 2.41. The first-order chi connectivity index (χ1) is 9.06. The zero-order chi connectivity index (χ0) is 14.3. The predicted octanol–water partition coefficient (Wildman–Crippen LogP) is 4.06. The van der Waals surface area contributed by atoms with Crippen molar-refractivity contribution >= 4 is 5.69 Å². The number of anilines is 1. The first-order valence-electron chi connectivity index (χ1n) is 7.57. The fourth-order valence-corrected chi connectivity index (χ4v) is 2.35. The Morgan fingerprint density at radius 1 is 1.16 bits per heavy atom. The predicted molar refractivity (Wildman–Crippen MR) is 85.8 cm³/mol. The average molecular weight is 262 g/mol. The van der Waals surface area contributed by atoms with Gasteiger partial charge in [-0.15, -0.1) is 0 Å². The summed E-state index contributed by atoms with van der Waals surface area (Å²) in [6, 6.07) is 9.33. The van der Waals surface area contributed by atoms with Gasteiger partial charge in [-0.25, -0.2) is 0 Å². The molecule has 0 aromatic heterocycles. The molecule has 0 aliphatic carbocycles. The Morgan fingerprint density at radius 3 is 2.47 bits per heavy atom. The molecule has 0 bridgehead atoms. The number of nitrogens with zero attached hydrogens (tertiary/aromatic N) is 1. The van der Waals surface area contributed by atoms with Gasteiger partial charge in [0.25, 0.3) is 0 Å². The number of hydrogen-bond donors (Lipinski definition) is 1. The van der Waals surface area contributed by atoms with Crippen molar-refractivity contribution in [2.45, 2.75) is 53.1 Å². The Kier molecular flexibility index (Phi) is 6.93. The Bertz CT molecular complexity index is 360. The molecule has 0 aliphatic rings. The molecule has 0 saturated carbocycles. The van der Waals surface area contributed by atoms with E-state index in [4.69, 9.17) is 0 Å². The van der Waals surface area contributed by atoms with Crippen LogP contribution in [-0.4, -0.2) is 19.6 Å². The lowest BCUT2D eigenvalue weighted by atomic mass is 10.1. The quantitative estimate of drug-likeness (QED) is 0.760. The Balaban J connectivity index is 2.71. The van der Waals surface area contributed by atoms with Crippen molar-refractivity contribution in [3.8, 4) is 0 Å². The van der Waals surface area contributed by atoms with E-state index in [0.717, 1.165) is 13.1 Å². The maximum atomic E-state index is 3.54. The van der Waals surface area contributed by atoms with Gasteiger partial charge in [0.2, 0.25) is 0 Å². The van der Waals surface area contributed by atoms with E-state index in [0.29, 0.717) is 12.0 Å². The average Bonchev–Trinajstić information content (AvgIpc) is 2.38. The zero-order valence-electron chi connectivity index (χ0n) is 13.2. The molecular formula is C17H30N2. The van der Waals surface area contributed by atoms with Crippen LogP contribution >= 0.6 is 0 Å². The van der Waals surface area contributed by atoms with E-state index in [1.807, 2.05) is 0 Å². The molecule has 1 rings (SSSR count). The second kappa shape index (κ2) is 8.21. The number of nitrogens with one attached hydrogen (secondary N) is 1. The summed E-state index contributed by atoms with van der Waals surface area (Å²) in [5.74, 6) is 0.698. The fourth-order valence-electron chi connectivity index (χ4n) is 2.35. The van der Waals surface area contributed by atoms with Crippen LogP contribution in [0.25, 0.3) is 0 Å². The van der Waals surface area contributed by atoms with Crippen molar-refractivity contribution in [3.63, 3.8) is 0 Å². The molecule has 1 atom stereocenters. The molecule has 1 aromatic carbocycles. The van der Waals surface area contributed by atoms with Gasteiger partial charge in [-0.3, -0.25) is 0 Å². The van der Waals surface area contributed by atoms with Crippen molar-refractivity contribution in [1.29, 1.82) is 0 Å². The molecule has 0 saturated heterocycles. The van der Waals surface area contributed by atoms with Gasteiger partial charge in [-0.1, -0.05) is 45.4 Å². The molecule has 108 valence electrons. The highest BCUT2D eigenvalue weighted by molar-refractivity contribution is 5.53.